The summed E-state index contributed by atoms with van der Waals surface area (Å²) in [4.78, 5) is 0. The molecule has 1 aromatic rings. The quantitative estimate of drug-likeness (QED) is 0.675. The average molecular weight is 232 g/mol. The van der Waals surface area contributed by atoms with Crippen molar-refractivity contribution in [3.05, 3.63) is 35.4 Å². The summed E-state index contributed by atoms with van der Waals surface area (Å²) in [5.41, 5.74) is 2.51. The van der Waals surface area contributed by atoms with Gasteiger partial charge in [-0.1, -0.05) is 17.7 Å². The number of fused-ring (bicyclic) bond motifs is 1. The van der Waals surface area contributed by atoms with E-state index < -0.39 is 0 Å². The number of rotatable bonds is 0. The van der Waals surface area contributed by atoms with E-state index in [0.29, 0.717) is 0 Å². The first-order valence-electron chi connectivity index (χ1n) is 5.84. The number of thioether (sulfide) groups is 1. The molecule has 84 valence electrons. The van der Waals surface area contributed by atoms with Gasteiger partial charge in [-0.2, -0.15) is 11.8 Å². The lowest BCUT2D eigenvalue weighted by molar-refractivity contribution is 0.108. The molecule has 16 heavy (non-hydrogen) atoms. The maximum atomic E-state index is 6.22. The third-order valence-electron chi connectivity index (χ3n) is 3.38. The summed E-state index contributed by atoms with van der Waals surface area (Å²) in [5.74, 6) is 3.48. The Hall–Kier alpha value is -0.890. The molecule has 2 heterocycles. The second kappa shape index (κ2) is 3.85. The standard InChI is InChI=1S/C14H16OS/c1-11-2-3-13-12(10-11)4-5-14(15-13)6-8-16-9-7-14/h2-5,10H,6-9H2,1H3. The van der Waals surface area contributed by atoms with E-state index in [2.05, 4.69) is 37.3 Å². The molecule has 0 unspecified atom stereocenters. The number of hydrogen-bond donors (Lipinski definition) is 0. The maximum Gasteiger partial charge on any atom is 0.129 e. The summed E-state index contributed by atoms with van der Waals surface area (Å²) in [6, 6.07) is 6.43. The fourth-order valence-corrected chi connectivity index (χ4v) is 3.56. The third kappa shape index (κ3) is 1.75. The normalized spacial score (nSPS) is 21.6. The minimum atomic E-state index is -0.00644. The minimum Gasteiger partial charge on any atom is -0.483 e. The van der Waals surface area contributed by atoms with Crippen molar-refractivity contribution in [3.63, 3.8) is 0 Å². The lowest BCUT2D eigenvalue weighted by atomic mass is 9.92. The van der Waals surface area contributed by atoms with E-state index in [1.807, 2.05) is 11.8 Å². The molecule has 1 spiro atoms. The molecule has 0 amide bonds. The molecule has 2 aliphatic rings. The van der Waals surface area contributed by atoms with Gasteiger partial charge in [-0.25, -0.2) is 0 Å². The van der Waals surface area contributed by atoms with Gasteiger partial charge in [0, 0.05) is 5.56 Å². The molecule has 0 radical (unpaired) electrons. The van der Waals surface area contributed by atoms with Crippen LogP contribution in [-0.2, 0) is 0 Å². The van der Waals surface area contributed by atoms with E-state index in [1.54, 1.807) is 0 Å². The molecule has 1 aromatic carbocycles. The molecule has 0 atom stereocenters. The van der Waals surface area contributed by atoms with Crippen molar-refractivity contribution < 1.29 is 4.74 Å². The summed E-state index contributed by atoms with van der Waals surface area (Å²) < 4.78 is 6.22. The van der Waals surface area contributed by atoms with Crippen LogP contribution < -0.4 is 4.74 Å². The van der Waals surface area contributed by atoms with Crippen molar-refractivity contribution in [2.45, 2.75) is 25.4 Å². The van der Waals surface area contributed by atoms with Crippen LogP contribution >= 0.6 is 11.8 Å². The van der Waals surface area contributed by atoms with Gasteiger partial charge < -0.3 is 4.74 Å². The molecular formula is C14H16OS. The lowest BCUT2D eigenvalue weighted by Crippen LogP contribution is -2.39. The van der Waals surface area contributed by atoms with E-state index in [-0.39, 0.29) is 5.60 Å². The van der Waals surface area contributed by atoms with E-state index >= 15 is 0 Å². The average Bonchev–Trinajstić information content (AvgIpc) is 2.31. The van der Waals surface area contributed by atoms with Gasteiger partial charge in [0.1, 0.15) is 11.4 Å². The topological polar surface area (TPSA) is 9.23 Å². The minimum absolute atomic E-state index is 0.00644. The first kappa shape index (κ1) is 10.3. The Labute approximate surface area is 101 Å². The van der Waals surface area contributed by atoms with Crippen LogP contribution in [0.1, 0.15) is 24.0 Å². The van der Waals surface area contributed by atoms with E-state index in [0.717, 1.165) is 18.6 Å². The van der Waals surface area contributed by atoms with Gasteiger partial charge in [0.25, 0.3) is 0 Å². The molecule has 1 saturated heterocycles. The van der Waals surface area contributed by atoms with Crippen molar-refractivity contribution in [1.82, 2.24) is 0 Å². The van der Waals surface area contributed by atoms with Crippen molar-refractivity contribution in [1.29, 1.82) is 0 Å². The van der Waals surface area contributed by atoms with E-state index in [4.69, 9.17) is 4.74 Å². The first-order valence-corrected chi connectivity index (χ1v) is 7.00. The van der Waals surface area contributed by atoms with E-state index in [9.17, 15) is 0 Å². The van der Waals surface area contributed by atoms with Crippen LogP contribution in [0.25, 0.3) is 6.08 Å². The first-order chi connectivity index (χ1) is 7.77. The van der Waals surface area contributed by atoms with Crippen LogP contribution in [0.15, 0.2) is 24.3 Å². The van der Waals surface area contributed by atoms with Crippen LogP contribution in [0.5, 0.6) is 5.75 Å². The molecule has 2 aliphatic heterocycles. The molecular weight excluding hydrogens is 216 g/mol. The Kier molecular flexibility index (Phi) is 2.47. The largest absolute Gasteiger partial charge is 0.483 e. The van der Waals surface area contributed by atoms with Gasteiger partial charge in [-0.15, -0.1) is 0 Å². The Morgan fingerprint density at radius 1 is 1.25 bits per heavy atom. The summed E-state index contributed by atoms with van der Waals surface area (Å²) >= 11 is 2.03. The van der Waals surface area contributed by atoms with Gasteiger partial charge in [0.2, 0.25) is 0 Å². The van der Waals surface area contributed by atoms with E-state index in [1.165, 1.54) is 22.6 Å². The molecule has 3 rings (SSSR count). The zero-order valence-corrected chi connectivity index (χ0v) is 10.3. The van der Waals surface area contributed by atoms with Crippen molar-refractivity contribution in [2.75, 3.05) is 11.5 Å². The Balaban J connectivity index is 1.94. The second-order valence-corrected chi connectivity index (χ2v) is 5.88. The number of hydrogen-bond acceptors (Lipinski definition) is 2. The summed E-state index contributed by atoms with van der Waals surface area (Å²) in [7, 11) is 0. The highest BCUT2D eigenvalue weighted by molar-refractivity contribution is 7.99. The van der Waals surface area contributed by atoms with Gasteiger partial charge in [0.05, 0.1) is 0 Å². The molecule has 0 aliphatic carbocycles. The molecule has 0 aromatic heterocycles. The summed E-state index contributed by atoms with van der Waals surface area (Å²) in [6.45, 7) is 2.12. The van der Waals surface area contributed by atoms with Crippen LogP contribution in [-0.4, -0.2) is 17.1 Å². The number of aryl methyl sites for hydroxylation is 1. The summed E-state index contributed by atoms with van der Waals surface area (Å²) in [6.07, 6.45) is 6.79. The maximum absolute atomic E-state index is 6.22. The highest BCUT2D eigenvalue weighted by Gasteiger charge is 2.34. The van der Waals surface area contributed by atoms with Crippen LogP contribution in [0.4, 0.5) is 0 Å². The zero-order chi connectivity index (χ0) is 11.0. The highest BCUT2D eigenvalue weighted by Crippen LogP contribution is 2.38. The number of ether oxygens (including phenoxy) is 1. The van der Waals surface area contributed by atoms with Crippen molar-refractivity contribution >= 4 is 17.8 Å². The molecule has 0 N–H and O–H groups in total. The summed E-state index contributed by atoms with van der Waals surface area (Å²) in [5, 5.41) is 0. The Morgan fingerprint density at radius 2 is 2.06 bits per heavy atom. The van der Waals surface area contributed by atoms with Gasteiger partial charge in [0.15, 0.2) is 0 Å². The monoisotopic (exact) mass is 232 g/mol. The fourth-order valence-electron chi connectivity index (χ4n) is 2.37. The molecule has 1 nitrogen and oxygen atoms in total. The predicted molar refractivity (Wildman–Crippen MR) is 70.1 cm³/mol. The van der Waals surface area contributed by atoms with Gasteiger partial charge >= 0.3 is 0 Å². The zero-order valence-electron chi connectivity index (χ0n) is 9.53. The van der Waals surface area contributed by atoms with Crippen molar-refractivity contribution in [3.8, 4) is 5.75 Å². The third-order valence-corrected chi connectivity index (χ3v) is 4.37. The molecule has 2 heteroatoms. The fraction of sp³-hybridized carbons (Fsp3) is 0.429. The second-order valence-electron chi connectivity index (χ2n) is 4.65. The molecule has 0 saturated carbocycles. The van der Waals surface area contributed by atoms with Crippen LogP contribution in [0.2, 0.25) is 0 Å². The predicted octanol–water partition coefficient (Wildman–Crippen LogP) is 3.67. The SMILES string of the molecule is Cc1ccc2c(c1)C=CC1(CCSCC1)O2. The lowest BCUT2D eigenvalue weighted by Gasteiger charge is -2.37. The Bertz CT molecular complexity index is 430. The smallest absolute Gasteiger partial charge is 0.129 e. The van der Waals surface area contributed by atoms with Gasteiger partial charge in [-0.3, -0.25) is 0 Å². The number of benzene rings is 1. The van der Waals surface area contributed by atoms with Crippen LogP contribution in [0, 0.1) is 6.92 Å². The molecule has 1 fully saturated rings. The highest BCUT2D eigenvalue weighted by atomic mass is 32.2. The molecule has 0 bridgehead atoms. The van der Waals surface area contributed by atoms with Crippen molar-refractivity contribution in [2.24, 2.45) is 0 Å². The Morgan fingerprint density at radius 3 is 2.88 bits per heavy atom. The van der Waals surface area contributed by atoms with Gasteiger partial charge in [-0.05, 0) is 49.5 Å². The van der Waals surface area contributed by atoms with Crippen LogP contribution in [0.3, 0.4) is 0 Å².